The number of rotatable bonds is 4. The van der Waals surface area contributed by atoms with Gasteiger partial charge in [0.2, 0.25) is 0 Å². The maximum absolute atomic E-state index is 5.56. The number of nitrogens with one attached hydrogen (secondary N) is 2. The predicted molar refractivity (Wildman–Crippen MR) is 46.1 cm³/mol. The molecule has 11 heavy (non-hydrogen) atoms. The van der Waals surface area contributed by atoms with Crippen molar-refractivity contribution in [2.45, 2.75) is 19.5 Å². The fourth-order valence-electron chi connectivity index (χ4n) is 0.913. The molecule has 62 valence electrons. The fourth-order valence-corrected chi connectivity index (χ4v) is 0.913. The zero-order valence-electron chi connectivity index (χ0n) is 6.80. The summed E-state index contributed by atoms with van der Waals surface area (Å²) in [5, 5.41) is 3.24. The fraction of sp³-hybridized carbons (Fsp3) is 0.500. The van der Waals surface area contributed by atoms with Gasteiger partial charge >= 0.3 is 0 Å². The molecule has 0 aromatic carbocycles. The zero-order chi connectivity index (χ0) is 8.10. The molecule has 0 saturated heterocycles. The Bertz CT molecular complexity index is 179. The minimum absolute atomic E-state index is 0.231. The van der Waals surface area contributed by atoms with Gasteiger partial charge in [0, 0.05) is 31.5 Å². The molecule has 3 heteroatoms. The highest BCUT2D eigenvalue weighted by molar-refractivity contribution is 5.07. The molecule has 0 aliphatic rings. The van der Waals surface area contributed by atoms with E-state index in [0.29, 0.717) is 0 Å². The van der Waals surface area contributed by atoms with Gasteiger partial charge in [-0.15, -0.1) is 0 Å². The molecular formula is C8H15N3. The Labute approximate surface area is 67.0 Å². The summed E-state index contributed by atoms with van der Waals surface area (Å²) in [7, 11) is 0. The molecule has 0 saturated carbocycles. The SMILES string of the molecule is CC(N)CNCc1cc[nH]c1. The Morgan fingerprint density at radius 1 is 1.73 bits per heavy atom. The molecule has 0 amide bonds. The van der Waals surface area contributed by atoms with Gasteiger partial charge in [-0.2, -0.15) is 0 Å². The van der Waals surface area contributed by atoms with Gasteiger partial charge in [-0.1, -0.05) is 0 Å². The molecule has 0 aliphatic carbocycles. The van der Waals surface area contributed by atoms with E-state index in [2.05, 4.69) is 10.3 Å². The van der Waals surface area contributed by atoms with Crippen LogP contribution in [0.1, 0.15) is 12.5 Å². The Morgan fingerprint density at radius 3 is 3.09 bits per heavy atom. The second-order valence-corrected chi connectivity index (χ2v) is 2.83. The standard InChI is InChI=1S/C8H15N3/c1-7(9)4-11-6-8-2-3-10-5-8/h2-3,5,7,10-11H,4,6,9H2,1H3. The van der Waals surface area contributed by atoms with Crippen LogP contribution in [-0.4, -0.2) is 17.6 Å². The number of hydrogen-bond acceptors (Lipinski definition) is 2. The molecule has 0 aliphatic heterocycles. The Hall–Kier alpha value is -0.800. The predicted octanol–water partition coefficient (Wildman–Crippen LogP) is 0.451. The molecule has 1 unspecified atom stereocenters. The highest BCUT2D eigenvalue weighted by Gasteiger charge is 1.93. The van der Waals surface area contributed by atoms with Crippen LogP contribution in [0.25, 0.3) is 0 Å². The lowest BCUT2D eigenvalue weighted by Gasteiger charge is -2.05. The first kappa shape index (κ1) is 8.30. The molecule has 0 fully saturated rings. The summed E-state index contributed by atoms with van der Waals surface area (Å²) in [4.78, 5) is 3.00. The summed E-state index contributed by atoms with van der Waals surface area (Å²) in [6.45, 7) is 3.75. The van der Waals surface area contributed by atoms with E-state index in [0.717, 1.165) is 13.1 Å². The highest BCUT2D eigenvalue weighted by atomic mass is 14.9. The van der Waals surface area contributed by atoms with Crippen LogP contribution in [-0.2, 0) is 6.54 Å². The lowest BCUT2D eigenvalue weighted by atomic mass is 10.3. The van der Waals surface area contributed by atoms with Gasteiger partial charge in [0.05, 0.1) is 0 Å². The molecule has 1 atom stereocenters. The van der Waals surface area contributed by atoms with Crippen molar-refractivity contribution in [3.63, 3.8) is 0 Å². The molecule has 0 spiro atoms. The van der Waals surface area contributed by atoms with Crippen LogP contribution >= 0.6 is 0 Å². The van der Waals surface area contributed by atoms with E-state index in [1.54, 1.807) is 0 Å². The second-order valence-electron chi connectivity index (χ2n) is 2.83. The smallest absolute Gasteiger partial charge is 0.0221 e. The largest absolute Gasteiger partial charge is 0.367 e. The summed E-state index contributed by atoms with van der Waals surface area (Å²) in [5.74, 6) is 0. The van der Waals surface area contributed by atoms with Crippen molar-refractivity contribution >= 4 is 0 Å². The number of hydrogen-bond donors (Lipinski definition) is 3. The molecule has 0 radical (unpaired) electrons. The van der Waals surface area contributed by atoms with Gasteiger partial charge in [0.1, 0.15) is 0 Å². The van der Waals surface area contributed by atoms with Crippen molar-refractivity contribution in [2.24, 2.45) is 5.73 Å². The van der Waals surface area contributed by atoms with E-state index >= 15 is 0 Å². The van der Waals surface area contributed by atoms with Gasteiger partial charge in [-0.25, -0.2) is 0 Å². The van der Waals surface area contributed by atoms with Gasteiger partial charge in [-0.05, 0) is 18.6 Å². The van der Waals surface area contributed by atoms with E-state index in [4.69, 9.17) is 5.73 Å². The zero-order valence-corrected chi connectivity index (χ0v) is 6.80. The summed E-state index contributed by atoms with van der Waals surface area (Å²) in [6.07, 6.45) is 3.90. The Balaban J connectivity index is 2.14. The van der Waals surface area contributed by atoms with Gasteiger partial charge in [0.25, 0.3) is 0 Å². The quantitative estimate of drug-likeness (QED) is 0.588. The van der Waals surface area contributed by atoms with Gasteiger partial charge in [-0.3, -0.25) is 0 Å². The second kappa shape index (κ2) is 4.16. The van der Waals surface area contributed by atoms with E-state index < -0.39 is 0 Å². The van der Waals surface area contributed by atoms with Crippen LogP contribution in [0.2, 0.25) is 0 Å². The van der Waals surface area contributed by atoms with Crippen molar-refractivity contribution in [1.29, 1.82) is 0 Å². The van der Waals surface area contributed by atoms with Gasteiger partial charge in [0.15, 0.2) is 0 Å². The topological polar surface area (TPSA) is 53.8 Å². The summed E-state index contributed by atoms with van der Waals surface area (Å²) >= 11 is 0. The number of H-pyrrole nitrogens is 1. The van der Waals surface area contributed by atoms with Crippen LogP contribution in [0.3, 0.4) is 0 Å². The van der Waals surface area contributed by atoms with Crippen molar-refractivity contribution in [2.75, 3.05) is 6.54 Å². The monoisotopic (exact) mass is 153 g/mol. The lowest BCUT2D eigenvalue weighted by molar-refractivity contribution is 0.609. The first-order valence-electron chi connectivity index (χ1n) is 3.87. The Kier molecular flexibility index (Phi) is 3.14. The third-order valence-electron chi connectivity index (χ3n) is 1.46. The minimum atomic E-state index is 0.231. The molecule has 0 bridgehead atoms. The van der Waals surface area contributed by atoms with Crippen LogP contribution in [0.15, 0.2) is 18.5 Å². The summed E-state index contributed by atoms with van der Waals surface area (Å²) < 4.78 is 0. The van der Waals surface area contributed by atoms with Crippen LogP contribution in [0.4, 0.5) is 0 Å². The van der Waals surface area contributed by atoms with Crippen LogP contribution in [0, 0.1) is 0 Å². The van der Waals surface area contributed by atoms with E-state index in [1.807, 2.05) is 25.4 Å². The van der Waals surface area contributed by atoms with E-state index in [9.17, 15) is 0 Å². The van der Waals surface area contributed by atoms with Crippen molar-refractivity contribution < 1.29 is 0 Å². The average molecular weight is 153 g/mol. The van der Waals surface area contributed by atoms with Crippen molar-refractivity contribution in [3.05, 3.63) is 24.0 Å². The Morgan fingerprint density at radius 2 is 2.55 bits per heavy atom. The molecule has 3 nitrogen and oxygen atoms in total. The molecule has 1 aromatic heterocycles. The maximum atomic E-state index is 5.56. The normalized spacial score (nSPS) is 13.3. The summed E-state index contributed by atoms with van der Waals surface area (Å²) in [6, 6.07) is 2.28. The molecule has 1 aromatic rings. The minimum Gasteiger partial charge on any atom is -0.367 e. The maximum Gasteiger partial charge on any atom is 0.0221 e. The van der Waals surface area contributed by atoms with Gasteiger partial charge < -0.3 is 16.0 Å². The van der Waals surface area contributed by atoms with E-state index in [-0.39, 0.29) is 6.04 Å². The van der Waals surface area contributed by atoms with Crippen molar-refractivity contribution in [1.82, 2.24) is 10.3 Å². The average Bonchev–Trinajstić information content (AvgIpc) is 2.39. The third kappa shape index (κ3) is 3.20. The molecule has 1 heterocycles. The summed E-state index contributed by atoms with van der Waals surface area (Å²) in [5.41, 5.74) is 6.83. The molecule has 1 rings (SSSR count). The number of aromatic nitrogens is 1. The molecule has 4 N–H and O–H groups in total. The highest BCUT2D eigenvalue weighted by Crippen LogP contribution is 1.94. The van der Waals surface area contributed by atoms with Crippen LogP contribution in [0.5, 0.6) is 0 Å². The van der Waals surface area contributed by atoms with Crippen molar-refractivity contribution in [3.8, 4) is 0 Å². The van der Waals surface area contributed by atoms with E-state index in [1.165, 1.54) is 5.56 Å². The lowest BCUT2D eigenvalue weighted by Crippen LogP contribution is -2.30. The number of nitrogens with two attached hydrogens (primary N) is 1. The van der Waals surface area contributed by atoms with Crippen LogP contribution < -0.4 is 11.1 Å². The first-order chi connectivity index (χ1) is 5.29. The molecular weight excluding hydrogens is 138 g/mol. The third-order valence-corrected chi connectivity index (χ3v) is 1.46. The number of aromatic amines is 1. The first-order valence-corrected chi connectivity index (χ1v) is 3.87.